The molecule has 0 heterocycles. The summed E-state index contributed by atoms with van der Waals surface area (Å²) in [5, 5.41) is 0. The summed E-state index contributed by atoms with van der Waals surface area (Å²) in [6, 6.07) is 11.7. The summed E-state index contributed by atoms with van der Waals surface area (Å²) < 4.78 is 35.6. The maximum atomic E-state index is 12.4. The van der Waals surface area contributed by atoms with Gasteiger partial charge in [-0.05, 0) is 62.2 Å². The summed E-state index contributed by atoms with van der Waals surface area (Å²) in [5.41, 5.74) is 2.69. The van der Waals surface area contributed by atoms with Crippen LogP contribution in [0, 0.1) is 13.8 Å². The molecule has 29 heavy (non-hydrogen) atoms. The third kappa shape index (κ3) is 7.23. The maximum Gasteiger partial charge on any atom is 0.309 e. The van der Waals surface area contributed by atoms with E-state index >= 15 is 0 Å². The number of aryl methyl sites for hydroxylation is 2. The van der Waals surface area contributed by atoms with Gasteiger partial charge >= 0.3 is 5.97 Å². The van der Waals surface area contributed by atoms with Crippen molar-refractivity contribution in [3.63, 3.8) is 0 Å². The number of sulfonamides is 1. The lowest BCUT2D eigenvalue weighted by Gasteiger charge is -2.14. The number of carbonyl (C=O) groups excluding carboxylic acids is 2. The molecule has 1 atom stereocenters. The van der Waals surface area contributed by atoms with Gasteiger partial charge in [0.15, 0.2) is 6.10 Å². The van der Waals surface area contributed by atoms with Crippen LogP contribution >= 0.6 is 0 Å². The number of rotatable bonds is 9. The van der Waals surface area contributed by atoms with Crippen LogP contribution in [-0.2, 0) is 19.6 Å². The Balaban J connectivity index is 1.85. The average Bonchev–Trinajstić information content (AvgIpc) is 2.63. The summed E-state index contributed by atoms with van der Waals surface area (Å²) in [6.07, 6.45) is 0.0942. The first-order chi connectivity index (χ1) is 13.5. The second kappa shape index (κ2) is 9.56. The average molecular weight is 419 g/mol. The van der Waals surface area contributed by atoms with Gasteiger partial charge in [0.2, 0.25) is 15.8 Å². The van der Waals surface area contributed by atoms with Crippen LogP contribution < -0.4 is 9.46 Å². The number of ketones is 1. The lowest BCUT2D eigenvalue weighted by molar-refractivity contribution is -0.146. The summed E-state index contributed by atoms with van der Waals surface area (Å²) >= 11 is 0. The molecule has 0 bridgehead atoms. The highest BCUT2D eigenvalue weighted by atomic mass is 32.2. The molecule has 0 amide bonds. The van der Waals surface area contributed by atoms with Crippen LogP contribution in [0.5, 0.6) is 5.75 Å². The largest absolute Gasteiger partial charge is 0.493 e. The molecule has 0 aromatic heterocycles. The molecule has 0 radical (unpaired) electrons. The van der Waals surface area contributed by atoms with Crippen molar-refractivity contribution < 1.29 is 27.5 Å². The SMILES string of the molecule is Cc1ccc(C)c(OCCC(=O)OC(C)C(=O)c2ccc(NS(C)(=O)=O)cc2)c1. The monoisotopic (exact) mass is 419 g/mol. The van der Waals surface area contributed by atoms with E-state index in [1.54, 1.807) is 0 Å². The predicted octanol–water partition coefficient (Wildman–Crippen LogP) is 3.26. The van der Waals surface area contributed by atoms with Crippen LogP contribution in [0.25, 0.3) is 0 Å². The first kappa shape index (κ1) is 22.4. The van der Waals surface area contributed by atoms with E-state index in [-0.39, 0.29) is 18.8 Å². The van der Waals surface area contributed by atoms with Crippen molar-refractivity contribution in [3.8, 4) is 5.75 Å². The number of ether oxygens (including phenoxy) is 2. The van der Waals surface area contributed by atoms with E-state index in [9.17, 15) is 18.0 Å². The molecule has 0 spiro atoms. The molecule has 0 aliphatic heterocycles. The van der Waals surface area contributed by atoms with Crippen LogP contribution in [0.3, 0.4) is 0 Å². The summed E-state index contributed by atoms with van der Waals surface area (Å²) in [5.74, 6) is -0.198. The van der Waals surface area contributed by atoms with Gasteiger partial charge in [-0.3, -0.25) is 14.3 Å². The van der Waals surface area contributed by atoms with Gasteiger partial charge in [-0.2, -0.15) is 0 Å². The molecule has 2 rings (SSSR count). The molecular formula is C21H25NO6S. The van der Waals surface area contributed by atoms with E-state index < -0.39 is 22.1 Å². The molecule has 2 aromatic rings. The summed E-state index contributed by atoms with van der Waals surface area (Å²) in [7, 11) is -3.39. The second-order valence-corrected chi connectivity index (χ2v) is 8.56. The Labute approximate surface area is 171 Å². The molecule has 0 aliphatic carbocycles. The van der Waals surface area contributed by atoms with Gasteiger partial charge in [-0.1, -0.05) is 12.1 Å². The fraction of sp³-hybridized carbons (Fsp3) is 0.333. The Morgan fingerprint density at radius 1 is 1.07 bits per heavy atom. The van der Waals surface area contributed by atoms with Crippen molar-refractivity contribution in [2.75, 3.05) is 17.6 Å². The Morgan fingerprint density at radius 2 is 1.72 bits per heavy atom. The number of benzene rings is 2. The van der Waals surface area contributed by atoms with Gasteiger partial charge in [0.25, 0.3) is 0 Å². The van der Waals surface area contributed by atoms with Gasteiger partial charge in [0.1, 0.15) is 5.75 Å². The van der Waals surface area contributed by atoms with Gasteiger partial charge in [-0.15, -0.1) is 0 Å². The number of carbonyl (C=O) groups is 2. The predicted molar refractivity (Wildman–Crippen MR) is 111 cm³/mol. The lowest BCUT2D eigenvalue weighted by atomic mass is 10.1. The molecule has 1 N–H and O–H groups in total. The third-order valence-electron chi connectivity index (χ3n) is 4.06. The minimum atomic E-state index is -3.39. The molecule has 0 saturated carbocycles. The standard InChI is InChI=1S/C21H25NO6S/c1-14-5-6-15(2)19(13-14)27-12-11-20(23)28-16(3)21(24)17-7-9-18(10-8-17)22-29(4,25)26/h5-10,13,16,22H,11-12H2,1-4H3. The number of Topliss-reactive ketones (excluding diaryl/α,β-unsaturated/α-hetero) is 1. The van der Waals surface area contributed by atoms with E-state index in [0.717, 1.165) is 17.4 Å². The van der Waals surface area contributed by atoms with E-state index in [2.05, 4.69) is 4.72 Å². The molecule has 0 aliphatic rings. The molecule has 156 valence electrons. The van der Waals surface area contributed by atoms with Gasteiger partial charge in [0.05, 0.1) is 19.3 Å². The zero-order chi connectivity index (χ0) is 21.6. The summed E-state index contributed by atoms with van der Waals surface area (Å²) in [6.45, 7) is 5.52. The van der Waals surface area contributed by atoms with Crippen LogP contribution in [0.2, 0.25) is 0 Å². The number of nitrogens with one attached hydrogen (secondary N) is 1. The van der Waals surface area contributed by atoms with E-state index in [1.807, 2.05) is 32.0 Å². The van der Waals surface area contributed by atoms with Crippen molar-refractivity contribution in [2.24, 2.45) is 0 Å². The second-order valence-electron chi connectivity index (χ2n) is 6.82. The fourth-order valence-corrected chi connectivity index (χ4v) is 3.13. The maximum absolute atomic E-state index is 12.4. The molecule has 0 saturated heterocycles. The highest BCUT2D eigenvalue weighted by molar-refractivity contribution is 7.92. The van der Waals surface area contributed by atoms with Crippen molar-refractivity contribution in [2.45, 2.75) is 33.3 Å². The molecule has 8 heteroatoms. The molecular weight excluding hydrogens is 394 g/mol. The minimum absolute atomic E-state index is 0.0161. The Hall–Kier alpha value is -2.87. The van der Waals surface area contributed by atoms with Crippen molar-refractivity contribution >= 4 is 27.5 Å². The van der Waals surface area contributed by atoms with E-state index in [0.29, 0.717) is 17.0 Å². The highest BCUT2D eigenvalue weighted by Gasteiger charge is 2.19. The Morgan fingerprint density at radius 3 is 2.34 bits per heavy atom. The smallest absolute Gasteiger partial charge is 0.309 e. The zero-order valence-electron chi connectivity index (χ0n) is 16.9. The van der Waals surface area contributed by atoms with Gasteiger partial charge in [-0.25, -0.2) is 8.42 Å². The minimum Gasteiger partial charge on any atom is -0.493 e. The molecule has 2 aromatic carbocycles. The quantitative estimate of drug-likeness (QED) is 0.495. The molecule has 1 unspecified atom stereocenters. The number of hydrogen-bond donors (Lipinski definition) is 1. The van der Waals surface area contributed by atoms with Crippen molar-refractivity contribution in [3.05, 3.63) is 59.2 Å². The Kier molecular flexibility index (Phi) is 7.39. The lowest BCUT2D eigenvalue weighted by Crippen LogP contribution is -2.25. The van der Waals surface area contributed by atoms with Crippen molar-refractivity contribution in [1.29, 1.82) is 0 Å². The van der Waals surface area contributed by atoms with Crippen LogP contribution in [-0.4, -0.2) is 39.1 Å². The molecule has 0 fully saturated rings. The third-order valence-corrected chi connectivity index (χ3v) is 4.66. The zero-order valence-corrected chi connectivity index (χ0v) is 17.7. The van der Waals surface area contributed by atoms with Crippen LogP contribution in [0.15, 0.2) is 42.5 Å². The van der Waals surface area contributed by atoms with Gasteiger partial charge < -0.3 is 9.47 Å². The highest BCUT2D eigenvalue weighted by Crippen LogP contribution is 2.19. The molecule has 7 nitrogen and oxygen atoms in total. The Bertz CT molecular complexity index is 983. The topological polar surface area (TPSA) is 98.8 Å². The normalized spacial score (nSPS) is 12.1. The fourth-order valence-electron chi connectivity index (χ4n) is 2.57. The number of esters is 1. The summed E-state index contributed by atoms with van der Waals surface area (Å²) in [4.78, 5) is 24.4. The number of anilines is 1. The van der Waals surface area contributed by atoms with E-state index in [4.69, 9.17) is 9.47 Å². The van der Waals surface area contributed by atoms with Crippen molar-refractivity contribution in [1.82, 2.24) is 0 Å². The van der Waals surface area contributed by atoms with Crippen LogP contribution in [0.4, 0.5) is 5.69 Å². The van der Waals surface area contributed by atoms with Crippen LogP contribution in [0.1, 0.15) is 34.8 Å². The van der Waals surface area contributed by atoms with E-state index in [1.165, 1.54) is 31.2 Å². The first-order valence-corrected chi connectivity index (χ1v) is 11.0. The number of hydrogen-bond acceptors (Lipinski definition) is 6. The van der Waals surface area contributed by atoms with Gasteiger partial charge in [0, 0.05) is 11.3 Å². The first-order valence-electron chi connectivity index (χ1n) is 9.07.